The third-order valence-corrected chi connectivity index (χ3v) is 2.55. The Morgan fingerprint density at radius 2 is 1.85 bits per heavy atom. The fourth-order valence-corrected chi connectivity index (χ4v) is 1.54. The lowest BCUT2D eigenvalue weighted by Gasteiger charge is -2.05. The van der Waals surface area contributed by atoms with E-state index in [0.29, 0.717) is 5.69 Å². The molecule has 6 nitrogen and oxygen atoms in total. The van der Waals surface area contributed by atoms with Crippen LogP contribution in [0.15, 0.2) is 42.7 Å². The highest BCUT2D eigenvalue weighted by Crippen LogP contribution is 2.10. The molecule has 2 aromatic rings. The largest absolute Gasteiger partial charge is 1.00 e. The molecule has 0 saturated carbocycles. The van der Waals surface area contributed by atoms with E-state index in [1.807, 2.05) is 0 Å². The molecule has 0 saturated heterocycles. The fourth-order valence-electron chi connectivity index (χ4n) is 1.34. The number of halogens is 2. The van der Waals surface area contributed by atoms with Gasteiger partial charge in [0.25, 0.3) is 11.6 Å². The second-order valence-electron chi connectivity index (χ2n) is 3.53. The molecule has 0 bridgehead atoms. The van der Waals surface area contributed by atoms with E-state index in [-0.39, 0.29) is 23.1 Å². The van der Waals surface area contributed by atoms with Gasteiger partial charge in [0.05, 0.1) is 5.56 Å². The SMILES string of the molecule is O=C(NNC(=O)c1cccnc1Cl)c1cccc[nH+]1.[Cl-]. The van der Waals surface area contributed by atoms with E-state index in [4.69, 9.17) is 11.6 Å². The van der Waals surface area contributed by atoms with Crippen LogP contribution in [0.1, 0.15) is 20.8 Å². The van der Waals surface area contributed by atoms with Gasteiger partial charge in [0.2, 0.25) is 0 Å². The van der Waals surface area contributed by atoms with Crippen molar-refractivity contribution in [1.82, 2.24) is 15.8 Å². The molecule has 0 radical (unpaired) electrons. The van der Waals surface area contributed by atoms with Gasteiger partial charge in [0, 0.05) is 18.3 Å². The van der Waals surface area contributed by atoms with Gasteiger partial charge >= 0.3 is 5.91 Å². The number of pyridine rings is 2. The number of carbonyl (C=O) groups excluding carboxylic acids is 2. The van der Waals surface area contributed by atoms with Gasteiger partial charge in [-0.1, -0.05) is 11.6 Å². The number of H-pyrrole nitrogens is 1. The number of aromatic amines is 1. The third-order valence-electron chi connectivity index (χ3n) is 2.25. The highest BCUT2D eigenvalue weighted by molar-refractivity contribution is 6.32. The molecule has 8 heteroatoms. The third kappa shape index (κ3) is 3.91. The van der Waals surface area contributed by atoms with E-state index < -0.39 is 11.8 Å². The Labute approximate surface area is 126 Å². The van der Waals surface area contributed by atoms with Crippen LogP contribution in [0, 0.1) is 0 Å². The van der Waals surface area contributed by atoms with Gasteiger partial charge in [0.1, 0.15) is 5.15 Å². The minimum absolute atomic E-state index is 0. The summed E-state index contributed by atoms with van der Waals surface area (Å²) in [7, 11) is 0. The Balaban J connectivity index is 0.00000200. The van der Waals surface area contributed by atoms with Gasteiger partial charge in [0.15, 0.2) is 6.20 Å². The van der Waals surface area contributed by atoms with Crippen LogP contribution >= 0.6 is 11.6 Å². The first-order valence-corrected chi connectivity index (χ1v) is 5.74. The molecule has 0 aromatic carbocycles. The normalized spacial score (nSPS) is 9.25. The molecule has 3 N–H and O–H groups in total. The lowest BCUT2D eigenvalue weighted by Crippen LogP contribution is -3.00. The van der Waals surface area contributed by atoms with Gasteiger partial charge in [-0.25, -0.2) is 9.97 Å². The monoisotopic (exact) mass is 312 g/mol. The van der Waals surface area contributed by atoms with Gasteiger partial charge in [-0.15, -0.1) is 0 Å². The number of hydrazine groups is 1. The van der Waals surface area contributed by atoms with Crippen molar-refractivity contribution in [2.75, 3.05) is 0 Å². The van der Waals surface area contributed by atoms with Crippen LogP contribution in [0.3, 0.4) is 0 Å². The molecular weight excluding hydrogens is 303 g/mol. The number of nitrogens with one attached hydrogen (secondary N) is 3. The van der Waals surface area contributed by atoms with Gasteiger partial charge in [-0.05, 0) is 18.2 Å². The van der Waals surface area contributed by atoms with Crippen LogP contribution in [0.25, 0.3) is 0 Å². The second kappa shape index (κ2) is 7.42. The van der Waals surface area contributed by atoms with Gasteiger partial charge in [-0.2, -0.15) is 0 Å². The van der Waals surface area contributed by atoms with Crippen molar-refractivity contribution in [2.24, 2.45) is 0 Å². The lowest BCUT2D eigenvalue weighted by molar-refractivity contribution is -0.382. The molecule has 0 spiro atoms. The van der Waals surface area contributed by atoms with Crippen LogP contribution in [-0.2, 0) is 0 Å². The van der Waals surface area contributed by atoms with Crippen LogP contribution in [-0.4, -0.2) is 16.8 Å². The summed E-state index contributed by atoms with van der Waals surface area (Å²) in [5.74, 6) is -1.00. The molecule has 2 amide bonds. The van der Waals surface area contributed by atoms with Crippen molar-refractivity contribution in [2.45, 2.75) is 0 Å². The van der Waals surface area contributed by atoms with E-state index in [0.717, 1.165) is 0 Å². The molecule has 2 heterocycles. The highest BCUT2D eigenvalue weighted by atomic mass is 35.5. The van der Waals surface area contributed by atoms with Crippen LogP contribution in [0.4, 0.5) is 0 Å². The van der Waals surface area contributed by atoms with Crippen molar-refractivity contribution >= 4 is 23.4 Å². The molecular formula is C12H10Cl2N4O2. The van der Waals surface area contributed by atoms with Crippen molar-refractivity contribution in [1.29, 1.82) is 0 Å². The number of nitrogens with zero attached hydrogens (tertiary/aromatic N) is 1. The minimum Gasteiger partial charge on any atom is -1.00 e. The predicted octanol–water partition coefficient (Wildman–Crippen LogP) is -2.37. The summed E-state index contributed by atoms with van der Waals surface area (Å²) in [5, 5.41) is 0.0699. The summed E-state index contributed by atoms with van der Waals surface area (Å²) in [6.07, 6.45) is 3.07. The summed E-state index contributed by atoms with van der Waals surface area (Å²) in [6.45, 7) is 0. The zero-order valence-corrected chi connectivity index (χ0v) is 11.6. The Morgan fingerprint density at radius 3 is 2.50 bits per heavy atom. The van der Waals surface area contributed by atoms with E-state index in [2.05, 4.69) is 20.8 Å². The fraction of sp³-hybridized carbons (Fsp3) is 0. The quantitative estimate of drug-likeness (QED) is 0.480. The van der Waals surface area contributed by atoms with E-state index in [9.17, 15) is 9.59 Å². The average molecular weight is 313 g/mol. The molecule has 0 aliphatic heterocycles. The second-order valence-corrected chi connectivity index (χ2v) is 3.88. The first-order chi connectivity index (χ1) is 9.18. The van der Waals surface area contributed by atoms with Crippen LogP contribution < -0.4 is 28.2 Å². The number of carbonyl (C=O) groups is 2. The zero-order chi connectivity index (χ0) is 13.7. The Hall–Kier alpha value is -2.18. The van der Waals surface area contributed by atoms with Crippen molar-refractivity contribution in [3.63, 3.8) is 0 Å². The highest BCUT2D eigenvalue weighted by Gasteiger charge is 2.15. The first kappa shape index (κ1) is 15.9. The molecule has 104 valence electrons. The standard InChI is InChI=1S/C12H9ClN4O2.ClH/c13-10-8(4-3-7-15-10)11(18)16-17-12(19)9-5-1-2-6-14-9;/h1-7H,(H,16,18)(H,17,19);1H. The Kier molecular flexibility index (Phi) is 5.89. The molecule has 2 rings (SSSR count). The van der Waals surface area contributed by atoms with Crippen molar-refractivity contribution < 1.29 is 27.0 Å². The molecule has 0 atom stereocenters. The van der Waals surface area contributed by atoms with Gasteiger partial charge in [-0.3, -0.25) is 20.4 Å². The molecule has 0 aliphatic rings. The smallest absolute Gasteiger partial charge is 0.334 e. The number of hydrogen-bond donors (Lipinski definition) is 2. The molecule has 20 heavy (non-hydrogen) atoms. The summed E-state index contributed by atoms with van der Waals surface area (Å²) in [5.41, 5.74) is 5.02. The van der Waals surface area contributed by atoms with E-state index >= 15 is 0 Å². The molecule has 0 unspecified atom stereocenters. The van der Waals surface area contributed by atoms with Crippen molar-refractivity contribution in [3.05, 3.63) is 59.1 Å². The number of rotatable bonds is 2. The predicted molar refractivity (Wildman–Crippen MR) is 67.2 cm³/mol. The summed E-state index contributed by atoms with van der Waals surface area (Å²) in [6, 6.07) is 8.10. The maximum absolute atomic E-state index is 11.7. The molecule has 0 aliphatic carbocycles. The Bertz CT molecular complexity index is 607. The summed E-state index contributed by atoms with van der Waals surface area (Å²) < 4.78 is 0. The van der Waals surface area contributed by atoms with Crippen LogP contribution in [0.2, 0.25) is 5.15 Å². The number of hydrogen-bond acceptors (Lipinski definition) is 3. The number of amides is 2. The maximum Gasteiger partial charge on any atom is 0.334 e. The van der Waals surface area contributed by atoms with E-state index in [1.54, 1.807) is 30.5 Å². The molecule has 2 aromatic heterocycles. The Morgan fingerprint density at radius 1 is 1.10 bits per heavy atom. The zero-order valence-electron chi connectivity index (χ0n) is 10.1. The lowest BCUT2D eigenvalue weighted by atomic mass is 10.3. The maximum atomic E-state index is 11.7. The van der Waals surface area contributed by atoms with Gasteiger partial charge < -0.3 is 12.4 Å². The summed E-state index contributed by atoms with van der Waals surface area (Å²) >= 11 is 5.76. The minimum atomic E-state index is -0.539. The van der Waals surface area contributed by atoms with Crippen molar-refractivity contribution in [3.8, 4) is 0 Å². The van der Waals surface area contributed by atoms with Crippen LogP contribution in [0.5, 0.6) is 0 Å². The molecule has 0 fully saturated rings. The van der Waals surface area contributed by atoms with E-state index in [1.165, 1.54) is 12.3 Å². The first-order valence-electron chi connectivity index (χ1n) is 5.36. The number of aromatic nitrogens is 2. The average Bonchev–Trinajstić information content (AvgIpc) is 2.46. The summed E-state index contributed by atoms with van der Waals surface area (Å²) in [4.78, 5) is 29.9. The topological polar surface area (TPSA) is 85.2 Å².